The second-order valence-corrected chi connectivity index (χ2v) is 9.94. The number of carbonyl (C=O) groups is 2. The lowest BCUT2D eigenvalue weighted by Crippen LogP contribution is -2.51. The Morgan fingerprint density at radius 3 is 2.43 bits per heavy atom. The second kappa shape index (κ2) is 8.55. The Hall–Kier alpha value is -3.07. The molecule has 9 heteroatoms. The summed E-state index contributed by atoms with van der Waals surface area (Å²) in [4.78, 5) is 36.9. The molecular weight excluding hydrogens is 454 g/mol. The van der Waals surface area contributed by atoms with Gasteiger partial charge in [-0.3, -0.25) is 9.59 Å². The Balaban J connectivity index is 1.15. The van der Waals surface area contributed by atoms with E-state index in [1.165, 1.54) is 12.1 Å². The van der Waals surface area contributed by atoms with Crippen LogP contribution in [0.25, 0.3) is 0 Å². The van der Waals surface area contributed by atoms with E-state index in [0.717, 1.165) is 37.8 Å². The fourth-order valence-electron chi connectivity index (χ4n) is 6.04. The number of nitrogens with zero attached hydrogens (tertiary/aromatic N) is 4. The largest absolute Gasteiger partial charge is 0.357 e. The van der Waals surface area contributed by atoms with E-state index in [1.54, 1.807) is 15.9 Å². The minimum atomic E-state index is -0.989. The number of carbonyl (C=O) groups excluding carboxylic acids is 2. The average molecular weight is 483 g/mol. The van der Waals surface area contributed by atoms with Gasteiger partial charge in [0.15, 0.2) is 5.60 Å². The van der Waals surface area contributed by atoms with Gasteiger partial charge in [-0.1, -0.05) is 6.07 Å². The molecule has 2 amide bonds. The molecule has 0 aliphatic carbocycles. The normalized spacial score (nSPS) is 25.5. The van der Waals surface area contributed by atoms with Gasteiger partial charge in [-0.2, -0.15) is 0 Å². The molecule has 4 saturated heterocycles. The zero-order valence-electron chi connectivity index (χ0n) is 19.5. The van der Waals surface area contributed by atoms with E-state index in [9.17, 15) is 18.4 Å². The fourth-order valence-corrected chi connectivity index (χ4v) is 6.04. The van der Waals surface area contributed by atoms with Crippen LogP contribution >= 0.6 is 0 Å². The predicted molar refractivity (Wildman–Crippen MR) is 124 cm³/mol. The first-order valence-electron chi connectivity index (χ1n) is 12.4. The number of amides is 2. The molecule has 0 unspecified atom stereocenters. The first kappa shape index (κ1) is 22.4. The maximum Gasteiger partial charge on any atom is 0.272 e. The highest BCUT2D eigenvalue weighted by molar-refractivity contribution is 5.93. The fraction of sp³-hybridized carbons (Fsp3) is 0.500. The molecule has 0 bridgehead atoms. The Kier molecular flexibility index (Phi) is 5.47. The van der Waals surface area contributed by atoms with Crippen LogP contribution in [0.3, 0.4) is 0 Å². The number of halogens is 2. The van der Waals surface area contributed by atoms with E-state index in [0.29, 0.717) is 50.0 Å². The van der Waals surface area contributed by atoms with Crippen molar-refractivity contribution in [1.29, 1.82) is 0 Å². The quantitative estimate of drug-likeness (QED) is 0.668. The summed E-state index contributed by atoms with van der Waals surface area (Å²) in [6, 6.07) is 8.55. The molecular formula is C26H28F2N4O3. The SMILES string of the molecule is O=C(c1cccc(N2CCCC2)n1)N1CCC2(CC1)O[C@@H]1CC[C@@H](c3cc(F)cc(F)c3)N1C2=O. The summed E-state index contributed by atoms with van der Waals surface area (Å²) in [6.07, 6.45) is 3.86. The number of ether oxygens (including phenoxy) is 1. The van der Waals surface area contributed by atoms with Crippen LogP contribution in [0, 0.1) is 11.6 Å². The lowest BCUT2D eigenvalue weighted by atomic mass is 9.89. The minimum Gasteiger partial charge on any atom is -0.357 e. The van der Waals surface area contributed by atoms with Crippen molar-refractivity contribution in [1.82, 2.24) is 14.8 Å². The van der Waals surface area contributed by atoms with Gasteiger partial charge in [0.2, 0.25) is 0 Å². The van der Waals surface area contributed by atoms with Gasteiger partial charge < -0.3 is 19.4 Å². The summed E-state index contributed by atoms with van der Waals surface area (Å²) >= 11 is 0. The molecule has 4 aliphatic heterocycles. The van der Waals surface area contributed by atoms with E-state index in [2.05, 4.69) is 9.88 Å². The van der Waals surface area contributed by atoms with E-state index in [4.69, 9.17) is 4.74 Å². The Morgan fingerprint density at radius 1 is 1.00 bits per heavy atom. The number of piperidine rings is 1. The number of aromatic nitrogens is 1. The third-order valence-corrected chi connectivity index (χ3v) is 7.83. The molecule has 1 aromatic carbocycles. The van der Waals surface area contributed by atoms with Gasteiger partial charge >= 0.3 is 0 Å². The first-order chi connectivity index (χ1) is 16.9. The second-order valence-electron chi connectivity index (χ2n) is 9.94. The predicted octanol–water partition coefficient (Wildman–Crippen LogP) is 3.65. The molecule has 0 saturated carbocycles. The average Bonchev–Trinajstić information content (AvgIpc) is 3.58. The van der Waals surface area contributed by atoms with Crippen LogP contribution in [0.1, 0.15) is 60.6 Å². The monoisotopic (exact) mass is 482 g/mol. The van der Waals surface area contributed by atoms with Gasteiger partial charge in [0, 0.05) is 45.1 Å². The molecule has 2 aromatic rings. The van der Waals surface area contributed by atoms with Gasteiger partial charge in [0.05, 0.1) is 6.04 Å². The number of hydrogen-bond acceptors (Lipinski definition) is 5. The highest BCUT2D eigenvalue weighted by Gasteiger charge is 2.58. The van der Waals surface area contributed by atoms with Crippen molar-refractivity contribution < 1.29 is 23.1 Å². The van der Waals surface area contributed by atoms with Crippen molar-refractivity contribution in [2.24, 2.45) is 0 Å². The molecule has 0 radical (unpaired) electrons. The lowest BCUT2D eigenvalue weighted by Gasteiger charge is -2.37. The maximum atomic E-state index is 13.8. The topological polar surface area (TPSA) is 66.0 Å². The summed E-state index contributed by atoms with van der Waals surface area (Å²) in [5.41, 5.74) is -0.120. The summed E-state index contributed by atoms with van der Waals surface area (Å²) in [7, 11) is 0. The molecule has 184 valence electrons. The molecule has 1 spiro atoms. The van der Waals surface area contributed by atoms with Crippen LogP contribution in [0.2, 0.25) is 0 Å². The number of rotatable bonds is 3. The third-order valence-electron chi connectivity index (χ3n) is 7.83. The smallest absolute Gasteiger partial charge is 0.272 e. The van der Waals surface area contributed by atoms with Crippen LogP contribution in [-0.2, 0) is 9.53 Å². The Bertz CT molecular complexity index is 1140. The van der Waals surface area contributed by atoms with E-state index >= 15 is 0 Å². The third kappa shape index (κ3) is 3.86. The molecule has 35 heavy (non-hydrogen) atoms. The van der Waals surface area contributed by atoms with Crippen molar-refractivity contribution in [3.05, 3.63) is 59.3 Å². The number of benzene rings is 1. The van der Waals surface area contributed by atoms with Crippen LogP contribution < -0.4 is 4.90 Å². The molecule has 6 rings (SSSR count). The number of anilines is 1. The number of hydrogen-bond donors (Lipinski definition) is 0. The number of likely N-dealkylation sites (tertiary alicyclic amines) is 1. The number of pyridine rings is 1. The zero-order chi connectivity index (χ0) is 24.2. The first-order valence-corrected chi connectivity index (χ1v) is 12.4. The van der Waals surface area contributed by atoms with Gasteiger partial charge in [-0.25, -0.2) is 13.8 Å². The number of fused-ring (bicyclic) bond motifs is 1. The van der Waals surface area contributed by atoms with Gasteiger partial charge in [-0.15, -0.1) is 0 Å². The van der Waals surface area contributed by atoms with E-state index in [-0.39, 0.29) is 11.8 Å². The lowest BCUT2D eigenvalue weighted by molar-refractivity contribution is -0.142. The molecule has 1 aromatic heterocycles. The molecule has 5 heterocycles. The highest BCUT2D eigenvalue weighted by atomic mass is 19.1. The summed E-state index contributed by atoms with van der Waals surface area (Å²) in [5, 5.41) is 0. The summed E-state index contributed by atoms with van der Waals surface area (Å²) < 4.78 is 33.9. The van der Waals surface area contributed by atoms with Gasteiger partial charge in [0.1, 0.15) is 29.4 Å². The van der Waals surface area contributed by atoms with Gasteiger partial charge in [-0.05, 0) is 55.5 Å². The molecule has 7 nitrogen and oxygen atoms in total. The van der Waals surface area contributed by atoms with Crippen molar-refractivity contribution in [2.45, 2.75) is 56.4 Å². The van der Waals surface area contributed by atoms with Crippen molar-refractivity contribution >= 4 is 17.6 Å². The van der Waals surface area contributed by atoms with Crippen LogP contribution in [-0.4, -0.2) is 64.6 Å². The van der Waals surface area contributed by atoms with Crippen LogP contribution in [0.4, 0.5) is 14.6 Å². The van der Waals surface area contributed by atoms with Crippen molar-refractivity contribution in [3.63, 3.8) is 0 Å². The van der Waals surface area contributed by atoms with E-state index in [1.807, 2.05) is 12.1 Å². The van der Waals surface area contributed by atoms with Crippen molar-refractivity contribution in [2.75, 3.05) is 31.1 Å². The van der Waals surface area contributed by atoms with Crippen molar-refractivity contribution in [3.8, 4) is 0 Å². The summed E-state index contributed by atoms with van der Waals surface area (Å²) in [6.45, 7) is 2.69. The van der Waals surface area contributed by atoms with Crippen LogP contribution in [0.15, 0.2) is 36.4 Å². The molecule has 2 atom stereocenters. The Morgan fingerprint density at radius 2 is 1.71 bits per heavy atom. The Labute approximate surface area is 202 Å². The molecule has 4 fully saturated rings. The van der Waals surface area contributed by atoms with Gasteiger partial charge in [0.25, 0.3) is 11.8 Å². The van der Waals surface area contributed by atoms with Crippen LogP contribution in [0.5, 0.6) is 0 Å². The zero-order valence-corrected chi connectivity index (χ0v) is 19.5. The highest BCUT2D eigenvalue weighted by Crippen LogP contribution is 2.47. The maximum absolute atomic E-state index is 13.8. The van der Waals surface area contributed by atoms with E-state index < -0.39 is 29.5 Å². The summed E-state index contributed by atoms with van der Waals surface area (Å²) in [5.74, 6) is -0.757. The molecule has 0 N–H and O–H groups in total. The minimum absolute atomic E-state index is 0.139. The standard InChI is InChI=1S/C26H28F2N4O3/c27-18-14-17(15-19(28)16-18)21-6-7-23-32(21)25(34)26(35-23)8-12-31(13-9-26)24(33)20-4-3-5-22(29-20)30-10-1-2-11-30/h3-5,14-16,21,23H,1-2,6-13H2/t21-,23+/m0/s1. The molecule has 4 aliphatic rings.